The molecule has 1 fully saturated rings. The average Bonchev–Trinajstić information content (AvgIpc) is 2.46. The van der Waals surface area contributed by atoms with Crippen molar-refractivity contribution in [1.82, 2.24) is 0 Å². The van der Waals surface area contributed by atoms with Crippen LogP contribution in [0.3, 0.4) is 0 Å². The zero-order chi connectivity index (χ0) is 10.4. The summed E-state index contributed by atoms with van der Waals surface area (Å²) in [4.78, 5) is 0. The molecule has 1 saturated carbocycles. The second-order valence-electron chi connectivity index (χ2n) is 4.71. The molecule has 1 unspecified atom stereocenters. The zero-order valence-electron chi connectivity index (χ0n) is 9.72. The van der Waals surface area contributed by atoms with Gasteiger partial charge in [-0.25, -0.2) is 0 Å². The van der Waals surface area contributed by atoms with Crippen molar-refractivity contribution in [1.29, 1.82) is 0 Å². The second-order valence-corrected chi connectivity index (χ2v) is 4.71. The average molecular weight is 199 g/mol. The van der Waals surface area contributed by atoms with Gasteiger partial charge in [-0.05, 0) is 25.2 Å². The first-order valence-electron chi connectivity index (χ1n) is 6.00. The maximum Gasteiger partial charge on any atom is 0.0645 e. The summed E-state index contributed by atoms with van der Waals surface area (Å²) >= 11 is 0. The van der Waals surface area contributed by atoms with Crippen molar-refractivity contribution in [2.45, 2.75) is 57.4 Å². The van der Waals surface area contributed by atoms with E-state index in [9.17, 15) is 0 Å². The Morgan fingerprint density at radius 2 is 1.79 bits per heavy atom. The van der Waals surface area contributed by atoms with Crippen LogP contribution in [0.4, 0.5) is 0 Å². The third-order valence-electron chi connectivity index (χ3n) is 3.74. The molecule has 1 rings (SSSR count). The van der Waals surface area contributed by atoms with Crippen LogP contribution in [0.15, 0.2) is 0 Å². The van der Waals surface area contributed by atoms with Gasteiger partial charge in [0.2, 0.25) is 0 Å². The van der Waals surface area contributed by atoms with E-state index in [1.807, 2.05) is 0 Å². The lowest BCUT2D eigenvalue weighted by Gasteiger charge is -2.36. The number of hydrogen-bond donors (Lipinski definition) is 1. The van der Waals surface area contributed by atoms with Crippen LogP contribution in [0.1, 0.15) is 51.9 Å². The summed E-state index contributed by atoms with van der Waals surface area (Å²) in [5, 5.41) is 0. The van der Waals surface area contributed by atoms with Crippen molar-refractivity contribution in [3.8, 4) is 0 Å². The smallest absolute Gasteiger partial charge is 0.0645 e. The molecule has 0 spiro atoms. The molecule has 0 amide bonds. The minimum Gasteiger partial charge on any atom is -0.383 e. The molecule has 84 valence electrons. The van der Waals surface area contributed by atoms with E-state index in [4.69, 9.17) is 10.5 Å². The van der Waals surface area contributed by atoms with Gasteiger partial charge in [0.15, 0.2) is 0 Å². The molecule has 0 aromatic heterocycles. The van der Waals surface area contributed by atoms with Crippen molar-refractivity contribution in [3.63, 3.8) is 0 Å². The molecular formula is C12H25NO. The van der Waals surface area contributed by atoms with Crippen LogP contribution in [0.25, 0.3) is 0 Å². The van der Waals surface area contributed by atoms with Crippen LogP contribution in [0.2, 0.25) is 0 Å². The second kappa shape index (κ2) is 5.72. The predicted octanol–water partition coefficient (Wildman–Crippen LogP) is 2.71. The summed E-state index contributed by atoms with van der Waals surface area (Å²) in [5.74, 6) is 0.676. The molecule has 0 aromatic rings. The molecule has 14 heavy (non-hydrogen) atoms. The number of nitrogens with two attached hydrogens (primary N) is 1. The first kappa shape index (κ1) is 12.0. The maximum atomic E-state index is 6.43. The SMILES string of the molecule is CCC(N)(COC)C1CCCCCC1. The fraction of sp³-hybridized carbons (Fsp3) is 1.00. The van der Waals surface area contributed by atoms with Crippen LogP contribution in [0, 0.1) is 5.92 Å². The molecule has 2 nitrogen and oxygen atoms in total. The van der Waals surface area contributed by atoms with Gasteiger partial charge in [0, 0.05) is 12.6 Å². The van der Waals surface area contributed by atoms with Gasteiger partial charge in [-0.1, -0.05) is 32.6 Å². The van der Waals surface area contributed by atoms with E-state index in [1.165, 1.54) is 38.5 Å². The molecule has 1 aliphatic carbocycles. The van der Waals surface area contributed by atoms with Gasteiger partial charge < -0.3 is 10.5 Å². The Bertz CT molecular complexity index is 152. The molecule has 2 heteroatoms. The molecular weight excluding hydrogens is 174 g/mol. The predicted molar refractivity (Wildman–Crippen MR) is 60.3 cm³/mol. The lowest BCUT2D eigenvalue weighted by atomic mass is 9.78. The maximum absolute atomic E-state index is 6.43. The standard InChI is InChI=1S/C12H25NO/c1-3-12(13,10-14-2)11-8-6-4-5-7-9-11/h11H,3-10,13H2,1-2H3. The van der Waals surface area contributed by atoms with Crippen LogP contribution in [0.5, 0.6) is 0 Å². The van der Waals surface area contributed by atoms with Gasteiger partial charge in [0.25, 0.3) is 0 Å². The Balaban J connectivity index is 2.56. The van der Waals surface area contributed by atoms with Crippen molar-refractivity contribution in [2.75, 3.05) is 13.7 Å². The lowest BCUT2D eigenvalue weighted by molar-refractivity contribution is 0.0851. The number of hydrogen-bond acceptors (Lipinski definition) is 2. The Morgan fingerprint density at radius 1 is 1.21 bits per heavy atom. The first-order chi connectivity index (χ1) is 6.73. The third-order valence-corrected chi connectivity index (χ3v) is 3.74. The fourth-order valence-corrected chi connectivity index (χ4v) is 2.63. The minimum absolute atomic E-state index is 0.0703. The molecule has 0 aromatic carbocycles. The summed E-state index contributed by atoms with van der Waals surface area (Å²) in [6, 6.07) is 0. The van der Waals surface area contributed by atoms with E-state index in [1.54, 1.807) is 7.11 Å². The number of ether oxygens (including phenoxy) is 1. The molecule has 0 radical (unpaired) electrons. The van der Waals surface area contributed by atoms with Crippen molar-refractivity contribution >= 4 is 0 Å². The summed E-state index contributed by atoms with van der Waals surface area (Å²) in [6.45, 7) is 2.90. The number of rotatable bonds is 4. The van der Waals surface area contributed by atoms with Crippen LogP contribution in [-0.4, -0.2) is 19.3 Å². The molecule has 1 atom stereocenters. The molecule has 0 saturated heterocycles. The summed E-state index contributed by atoms with van der Waals surface area (Å²) in [7, 11) is 1.76. The van der Waals surface area contributed by atoms with Crippen LogP contribution in [-0.2, 0) is 4.74 Å². The topological polar surface area (TPSA) is 35.2 Å². The molecule has 0 aliphatic heterocycles. The highest BCUT2D eigenvalue weighted by atomic mass is 16.5. The summed E-state index contributed by atoms with van der Waals surface area (Å²) in [6.07, 6.45) is 9.13. The van der Waals surface area contributed by atoms with E-state index in [0.29, 0.717) is 12.5 Å². The molecule has 0 bridgehead atoms. The molecule has 0 heterocycles. The normalized spacial score (nSPS) is 24.2. The Labute approximate surface area is 88.2 Å². The highest BCUT2D eigenvalue weighted by Crippen LogP contribution is 2.32. The quantitative estimate of drug-likeness (QED) is 0.707. The Morgan fingerprint density at radius 3 is 2.21 bits per heavy atom. The van der Waals surface area contributed by atoms with Crippen molar-refractivity contribution < 1.29 is 4.74 Å². The third kappa shape index (κ3) is 2.96. The Kier molecular flexibility index (Phi) is 4.90. The van der Waals surface area contributed by atoms with Crippen molar-refractivity contribution in [2.24, 2.45) is 11.7 Å². The van der Waals surface area contributed by atoms with Gasteiger partial charge in [0.05, 0.1) is 6.61 Å². The van der Waals surface area contributed by atoms with Gasteiger partial charge in [-0.3, -0.25) is 0 Å². The lowest BCUT2D eigenvalue weighted by Crippen LogP contribution is -2.50. The summed E-state index contributed by atoms with van der Waals surface area (Å²) < 4.78 is 5.27. The van der Waals surface area contributed by atoms with Gasteiger partial charge in [0.1, 0.15) is 0 Å². The van der Waals surface area contributed by atoms with E-state index in [2.05, 4.69) is 6.92 Å². The van der Waals surface area contributed by atoms with Crippen LogP contribution >= 0.6 is 0 Å². The monoisotopic (exact) mass is 199 g/mol. The highest BCUT2D eigenvalue weighted by Gasteiger charge is 2.33. The van der Waals surface area contributed by atoms with E-state index >= 15 is 0 Å². The van der Waals surface area contributed by atoms with Gasteiger partial charge >= 0.3 is 0 Å². The van der Waals surface area contributed by atoms with E-state index in [-0.39, 0.29) is 5.54 Å². The van der Waals surface area contributed by atoms with E-state index < -0.39 is 0 Å². The molecule has 2 N–H and O–H groups in total. The summed E-state index contributed by atoms with van der Waals surface area (Å²) in [5.41, 5.74) is 6.36. The van der Waals surface area contributed by atoms with E-state index in [0.717, 1.165) is 6.42 Å². The first-order valence-corrected chi connectivity index (χ1v) is 6.00. The highest BCUT2D eigenvalue weighted by molar-refractivity contribution is 4.90. The Hall–Kier alpha value is -0.0800. The minimum atomic E-state index is -0.0703. The van der Waals surface area contributed by atoms with Crippen LogP contribution < -0.4 is 5.73 Å². The van der Waals surface area contributed by atoms with Gasteiger partial charge in [-0.15, -0.1) is 0 Å². The zero-order valence-corrected chi connectivity index (χ0v) is 9.72. The van der Waals surface area contributed by atoms with Gasteiger partial charge in [-0.2, -0.15) is 0 Å². The molecule has 1 aliphatic rings. The fourth-order valence-electron chi connectivity index (χ4n) is 2.63. The largest absolute Gasteiger partial charge is 0.383 e. The number of methoxy groups -OCH3 is 1. The van der Waals surface area contributed by atoms with Crippen molar-refractivity contribution in [3.05, 3.63) is 0 Å².